The molecular formula is C14H9Br2N5. The second-order valence-electron chi connectivity index (χ2n) is 4.10. The van der Waals surface area contributed by atoms with E-state index in [1.807, 2.05) is 30.3 Å². The maximum atomic E-state index is 4.53. The van der Waals surface area contributed by atoms with Crippen LogP contribution in [0.3, 0.4) is 0 Å². The Bertz CT molecular complexity index is 747. The molecule has 0 amide bonds. The molecular weight excluding hydrogens is 398 g/mol. The van der Waals surface area contributed by atoms with Crippen molar-refractivity contribution in [2.24, 2.45) is 0 Å². The van der Waals surface area contributed by atoms with Crippen LogP contribution in [0.15, 0.2) is 58.0 Å². The number of pyridine rings is 2. The molecule has 7 heteroatoms. The second kappa shape index (κ2) is 6.28. The zero-order chi connectivity index (χ0) is 14.7. The first kappa shape index (κ1) is 14.1. The van der Waals surface area contributed by atoms with E-state index in [1.165, 1.54) is 0 Å². The molecule has 0 saturated carbocycles. The van der Waals surface area contributed by atoms with E-state index in [2.05, 4.69) is 57.1 Å². The third kappa shape index (κ3) is 3.43. The van der Waals surface area contributed by atoms with E-state index in [0.29, 0.717) is 21.9 Å². The minimum absolute atomic E-state index is 0.605. The van der Waals surface area contributed by atoms with Gasteiger partial charge in [-0.15, -0.1) is 0 Å². The van der Waals surface area contributed by atoms with Gasteiger partial charge in [-0.2, -0.15) is 0 Å². The van der Waals surface area contributed by atoms with Gasteiger partial charge in [0.15, 0.2) is 5.82 Å². The second-order valence-corrected chi connectivity index (χ2v) is 5.76. The average Bonchev–Trinajstić information content (AvgIpc) is 2.52. The zero-order valence-electron chi connectivity index (χ0n) is 10.7. The standard InChI is InChI=1S/C14H9Br2N5/c15-9-4-5-11(18-7-9)20-12-8-19-14(16)13(21-12)10-3-1-2-6-17-10/h1-8H,(H,18,20,21). The maximum absolute atomic E-state index is 4.53. The fourth-order valence-corrected chi connectivity index (χ4v) is 2.31. The normalized spacial score (nSPS) is 10.4. The first-order chi connectivity index (χ1) is 10.2. The van der Waals surface area contributed by atoms with Gasteiger partial charge >= 0.3 is 0 Å². The molecule has 0 aliphatic carbocycles. The minimum Gasteiger partial charge on any atom is -0.324 e. The predicted octanol–water partition coefficient (Wildman–Crippen LogP) is 4.20. The number of halogens is 2. The Balaban J connectivity index is 1.92. The summed E-state index contributed by atoms with van der Waals surface area (Å²) in [6.07, 6.45) is 5.08. The van der Waals surface area contributed by atoms with Crippen molar-refractivity contribution >= 4 is 43.5 Å². The molecule has 0 aliphatic rings. The molecule has 0 aromatic carbocycles. The number of aromatic nitrogens is 4. The summed E-state index contributed by atoms with van der Waals surface area (Å²) in [5, 5.41) is 3.11. The number of nitrogens with zero attached hydrogens (tertiary/aromatic N) is 4. The molecule has 0 saturated heterocycles. The summed E-state index contributed by atoms with van der Waals surface area (Å²) >= 11 is 6.75. The van der Waals surface area contributed by atoms with Crippen molar-refractivity contribution < 1.29 is 0 Å². The van der Waals surface area contributed by atoms with Crippen LogP contribution in [0.5, 0.6) is 0 Å². The third-order valence-corrected chi connectivity index (χ3v) is 3.67. The van der Waals surface area contributed by atoms with Crippen molar-refractivity contribution in [2.45, 2.75) is 0 Å². The van der Waals surface area contributed by atoms with Gasteiger partial charge < -0.3 is 5.32 Å². The highest BCUT2D eigenvalue weighted by Crippen LogP contribution is 2.24. The van der Waals surface area contributed by atoms with Crippen molar-refractivity contribution in [1.82, 2.24) is 19.9 Å². The van der Waals surface area contributed by atoms with E-state index in [4.69, 9.17) is 0 Å². The van der Waals surface area contributed by atoms with Crippen LogP contribution in [0.2, 0.25) is 0 Å². The number of anilines is 2. The Morgan fingerprint density at radius 3 is 2.48 bits per heavy atom. The predicted molar refractivity (Wildman–Crippen MR) is 88.2 cm³/mol. The van der Waals surface area contributed by atoms with Crippen LogP contribution in [0, 0.1) is 0 Å². The van der Waals surface area contributed by atoms with Gasteiger partial charge in [-0.25, -0.2) is 15.0 Å². The molecule has 5 nitrogen and oxygen atoms in total. The molecule has 0 atom stereocenters. The SMILES string of the molecule is Brc1ccc(Nc2cnc(Br)c(-c3ccccn3)n2)nc1. The van der Waals surface area contributed by atoms with Crippen LogP contribution in [0.4, 0.5) is 11.6 Å². The number of rotatable bonds is 3. The van der Waals surface area contributed by atoms with E-state index >= 15 is 0 Å². The van der Waals surface area contributed by atoms with Crippen LogP contribution < -0.4 is 5.32 Å². The van der Waals surface area contributed by atoms with Crippen LogP contribution >= 0.6 is 31.9 Å². The van der Waals surface area contributed by atoms with Gasteiger partial charge in [0.2, 0.25) is 0 Å². The molecule has 0 fully saturated rings. The highest BCUT2D eigenvalue weighted by atomic mass is 79.9. The summed E-state index contributed by atoms with van der Waals surface area (Å²) in [6.45, 7) is 0. The molecule has 3 rings (SSSR count). The quantitative estimate of drug-likeness (QED) is 0.705. The van der Waals surface area contributed by atoms with Crippen molar-refractivity contribution in [1.29, 1.82) is 0 Å². The van der Waals surface area contributed by atoms with Crippen molar-refractivity contribution in [3.8, 4) is 11.4 Å². The van der Waals surface area contributed by atoms with Crippen molar-refractivity contribution in [3.05, 3.63) is 58.0 Å². The van der Waals surface area contributed by atoms with Gasteiger partial charge in [-0.05, 0) is 56.1 Å². The average molecular weight is 407 g/mol. The molecule has 104 valence electrons. The Kier molecular flexibility index (Phi) is 4.21. The lowest BCUT2D eigenvalue weighted by atomic mass is 10.3. The number of hydrogen-bond donors (Lipinski definition) is 1. The molecule has 1 N–H and O–H groups in total. The number of nitrogens with one attached hydrogen (secondary N) is 1. The van der Waals surface area contributed by atoms with E-state index in [9.17, 15) is 0 Å². The lowest BCUT2D eigenvalue weighted by molar-refractivity contribution is 1.14. The summed E-state index contributed by atoms with van der Waals surface area (Å²) < 4.78 is 1.57. The zero-order valence-corrected chi connectivity index (χ0v) is 13.8. The topological polar surface area (TPSA) is 63.6 Å². The smallest absolute Gasteiger partial charge is 0.150 e. The summed E-state index contributed by atoms with van der Waals surface area (Å²) in [7, 11) is 0. The molecule has 3 aromatic rings. The fourth-order valence-electron chi connectivity index (χ4n) is 1.68. The Morgan fingerprint density at radius 1 is 0.857 bits per heavy atom. The van der Waals surface area contributed by atoms with Gasteiger partial charge in [0.1, 0.15) is 16.1 Å². The van der Waals surface area contributed by atoms with Crippen molar-refractivity contribution in [2.75, 3.05) is 5.32 Å². The first-order valence-electron chi connectivity index (χ1n) is 6.05. The van der Waals surface area contributed by atoms with E-state index in [-0.39, 0.29) is 0 Å². The molecule has 0 bridgehead atoms. The van der Waals surface area contributed by atoms with Crippen LogP contribution in [-0.4, -0.2) is 19.9 Å². The van der Waals surface area contributed by atoms with Gasteiger partial charge in [-0.1, -0.05) is 6.07 Å². The number of hydrogen-bond acceptors (Lipinski definition) is 5. The summed E-state index contributed by atoms with van der Waals surface area (Å²) in [5.41, 5.74) is 1.43. The summed E-state index contributed by atoms with van der Waals surface area (Å²) in [5.74, 6) is 1.30. The monoisotopic (exact) mass is 405 g/mol. The summed E-state index contributed by atoms with van der Waals surface area (Å²) in [6, 6.07) is 9.41. The summed E-state index contributed by atoms with van der Waals surface area (Å²) in [4.78, 5) is 17.3. The maximum Gasteiger partial charge on any atom is 0.150 e. The highest BCUT2D eigenvalue weighted by molar-refractivity contribution is 9.10. The van der Waals surface area contributed by atoms with Crippen LogP contribution in [-0.2, 0) is 0 Å². The third-order valence-electron chi connectivity index (χ3n) is 2.62. The van der Waals surface area contributed by atoms with Crippen molar-refractivity contribution in [3.63, 3.8) is 0 Å². The van der Waals surface area contributed by atoms with Gasteiger partial charge in [0.25, 0.3) is 0 Å². The van der Waals surface area contributed by atoms with E-state index in [0.717, 1.165) is 10.2 Å². The lowest BCUT2D eigenvalue weighted by Crippen LogP contribution is -1.99. The Labute approximate surface area is 138 Å². The minimum atomic E-state index is 0.605. The molecule has 0 radical (unpaired) electrons. The molecule has 0 spiro atoms. The van der Waals surface area contributed by atoms with Gasteiger partial charge in [-0.3, -0.25) is 4.98 Å². The molecule has 3 aromatic heterocycles. The van der Waals surface area contributed by atoms with Gasteiger partial charge in [0.05, 0.1) is 11.9 Å². The first-order valence-corrected chi connectivity index (χ1v) is 7.63. The van der Waals surface area contributed by atoms with E-state index < -0.39 is 0 Å². The van der Waals surface area contributed by atoms with Crippen LogP contribution in [0.1, 0.15) is 0 Å². The Hall–Kier alpha value is -1.86. The van der Waals surface area contributed by atoms with Crippen LogP contribution in [0.25, 0.3) is 11.4 Å². The van der Waals surface area contributed by atoms with E-state index in [1.54, 1.807) is 18.6 Å². The lowest BCUT2D eigenvalue weighted by Gasteiger charge is -2.07. The fraction of sp³-hybridized carbons (Fsp3) is 0. The molecule has 0 aliphatic heterocycles. The molecule has 21 heavy (non-hydrogen) atoms. The molecule has 3 heterocycles. The van der Waals surface area contributed by atoms with Gasteiger partial charge in [0, 0.05) is 16.9 Å². The Morgan fingerprint density at radius 2 is 1.76 bits per heavy atom. The highest BCUT2D eigenvalue weighted by Gasteiger charge is 2.09. The molecule has 0 unspecified atom stereocenters. The largest absolute Gasteiger partial charge is 0.324 e.